The predicted octanol–water partition coefficient (Wildman–Crippen LogP) is 4.46. The van der Waals surface area contributed by atoms with Crippen LogP contribution in [0.5, 0.6) is 5.75 Å². The van der Waals surface area contributed by atoms with Crippen LogP contribution in [0.1, 0.15) is 39.2 Å². The van der Waals surface area contributed by atoms with Gasteiger partial charge in [0.1, 0.15) is 0 Å². The van der Waals surface area contributed by atoms with E-state index in [4.69, 9.17) is 4.74 Å². The van der Waals surface area contributed by atoms with Gasteiger partial charge in [0, 0.05) is 17.8 Å². The first-order valence-corrected chi connectivity index (χ1v) is 7.16. The van der Waals surface area contributed by atoms with Crippen LogP contribution in [0.4, 0.5) is 4.39 Å². The molecule has 0 amide bonds. The normalized spacial score (nSPS) is 15.6. The van der Waals surface area contributed by atoms with E-state index in [0.29, 0.717) is 18.3 Å². The number of halogens is 1. The molecule has 1 fully saturated rings. The molecule has 2 aromatic rings. The van der Waals surface area contributed by atoms with Crippen molar-refractivity contribution in [3.05, 3.63) is 35.9 Å². The summed E-state index contributed by atoms with van der Waals surface area (Å²) in [5.41, 5.74) is 1.09. The zero-order valence-electron chi connectivity index (χ0n) is 12.2. The molecule has 1 saturated carbocycles. The second-order valence-corrected chi connectivity index (χ2v) is 6.66. The molecule has 3 rings (SSSR count). The highest BCUT2D eigenvalue weighted by Gasteiger charge is 2.24. The molecule has 20 heavy (non-hydrogen) atoms. The van der Waals surface area contributed by atoms with Crippen LogP contribution in [0.15, 0.2) is 24.5 Å². The lowest BCUT2D eigenvalue weighted by Crippen LogP contribution is -2.12. The summed E-state index contributed by atoms with van der Waals surface area (Å²) < 4.78 is 19.8. The molecule has 106 valence electrons. The van der Waals surface area contributed by atoms with Gasteiger partial charge in [-0.3, -0.25) is 4.98 Å². The Morgan fingerprint density at radius 2 is 1.95 bits per heavy atom. The van der Waals surface area contributed by atoms with Crippen LogP contribution in [0.3, 0.4) is 0 Å². The number of benzene rings is 1. The summed E-state index contributed by atoms with van der Waals surface area (Å²) in [5, 5.41) is 1.80. The summed E-state index contributed by atoms with van der Waals surface area (Å²) in [6.07, 6.45) is 5.95. The molecule has 1 heterocycles. The van der Waals surface area contributed by atoms with Crippen LogP contribution in [0.2, 0.25) is 0 Å². The second kappa shape index (κ2) is 4.72. The van der Waals surface area contributed by atoms with Gasteiger partial charge < -0.3 is 4.74 Å². The number of fused-ring (bicyclic) bond motifs is 1. The van der Waals surface area contributed by atoms with Gasteiger partial charge in [0.2, 0.25) is 0 Å². The molecule has 1 aliphatic rings. The zero-order valence-corrected chi connectivity index (χ0v) is 12.2. The van der Waals surface area contributed by atoms with Gasteiger partial charge in [-0.05, 0) is 41.2 Å². The van der Waals surface area contributed by atoms with Gasteiger partial charge in [-0.2, -0.15) is 0 Å². The zero-order chi connectivity index (χ0) is 14.3. The maximum absolute atomic E-state index is 14.1. The minimum atomic E-state index is -0.300. The van der Waals surface area contributed by atoms with Crippen molar-refractivity contribution in [1.82, 2.24) is 4.98 Å². The Morgan fingerprint density at radius 1 is 1.20 bits per heavy atom. The van der Waals surface area contributed by atoms with Crippen LogP contribution >= 0.6 is 0 Å². The van der Waals surface area contributed by atoms with E-state index in [-0.39, 0.29) is 11.2 Å². The third-order valence-corrected chi connectivity index (χ3v) is 3.81. The predicted molar refractivity (Wildman–Crippen MR) is 78.6 cm³/mol. The van der Waals surface area contributed by atoms with E-state index in [2.05, 4.69) is 25.8 Å². The van der Waals surface area contributed by atoms with E-state index in [9.17, 15) is 4.39 Å². The Hall–Kier alpha value is -1.64. The number of hydrogen-bond donors (Lipinski definition) is 0. The standard InChI is InChI=1S/C17H20FNO/c1-17(2,3)14-9-19-8-13-12(14)6-7-15(18)16(13)20-10-11-4-5-11/h6-9,11H,4-5,10H2,1-3H3. The topological polar surface area (TPSA) is 22.1 Å². The van der Waals surface area contributed by atoms with Crippen LogP contribution in [0, 0.1) is 11.7 Å². The van der Waals surface area contributed by atoms with Crippen molar-refractivity contribution in [2.45, 2.75) is 39.0 Å². The third kappa shape index (κ3) is 2.49. The molecular formula is C17H20FNO. The number of ether oxygens (including phenoxy) is 1. The highest BCUT2D eigenvalue weighted by Crippen LogP contribution is 2.36. The molecule has 1 aliphatic carbocycles. The lowest BCUT2D eigenvalue weighted by molar-refractivity contribution is 0.289. The molecule has 0 spiro atoms. The van der Waals surface area contributed by atoms with Crippen molar-refractivity contribution in [3.8, 4) is 5.75 Å². The van der Waals surface area contributed by atoms with Gasteiger partial charge >= 0.3 is 0 Å². The Kier molecular flexibility index (Phi) is 3.15. The molecule has 2 nitrogen and oxygen atoms in total. The smallest absolute Gasteiger partial charge is 0.165 e. The molecule has 0 radical (unpaired) electrons. The fourth-order valence-corrected chi connectivity index (χ4v) is 2.42. The highest BCUT2D eigenvalue weighted by molar-refractivity contribution is 5.91. The van der Waals surface area contributed by atoms with Crippen molar-refractivity contribution in [2.75, 3.05) is 6.61 Å². The number of hydrogen-bond acceptors (Lipinski definition) is 2. The van der Waals surface area contributed by atoms with Gasteiger partial charge in [-0.25, -0.2) is 4.39 Å². The fraction of sp³-hybridized carbons (Fsp3) is 0.471. The molecule has 1 aromatic heterocycles. The van der Waals surface area contributed by atoms with Gasteiger partial charge in [-0.1, -0.05) is 26.8 Å². The summed E-state index contributed by atoms with van der Waals surface area (Å²) in [6.45, 7) is 7.02. The van der Waals surface area contributed by atoms with Crippen molar-refractivity contribution in [2.24, 2.45) is 5.92 Å². The lowest BCUT2D eigenvalue weighted by atomic mass is 9.85. The Labute approximate surface area is 119 Å². The fourth-order valence-electron chi connectivity index (χ4n) is 2.42. The summed E-state index contributed by atoms with van der Waals surface area (Å²) in [6, 6.07) is 3.33. The van der Waals surface area contributed by atoms with E-state index in [0.717, 1.165) is 16.3 Å². The van der Waals surface area contributed by atoms with E-state index >= 15 is 0 Å². The first-order chi connectivity index (χ1) is 9.47. The van der Waals surface area contributed by atoms with E-state index in [1.807, 2.05) is 12.3 Å². The van der Waals surface area contributed by atoms with Crippen LogP contribution in [-0.2, 0) is 5.41 Å². The van der Waals surface area contributed by atoms with Crippen molar-refractivity contribution in [3.63, 3.8) is 0 Å². The number of pyridine rings is 1. The Morgan fingerprint density at radius 3 is 2.60 bits per heavy atom. The van der Waals surface area contributed by atoms with Gasteiger partial charge in [0.05, 0.1) is 6.61 Å². The maximum Gasteiger partial charge on any atom is 0.165 e. The van der Waals surface area contributed by atoms with Crippen molar-refractivity contribution in [1.29, 1.82) is 0 Å². The average Bonchev–Trinajstić information content (AvgIpc) is 3.19. The molecule has 0 unspecified atom stereocenters. The van der Waals surface area contributed by atoms with Gasteiger partial charge in [0.25, 0.3) is 0 Å². The second-order valence-electron chi connectivity index (χ2n) is 6.66. The monoisotopic (exact) mass is 273 g/mol. The Balaban J connectivity index is 2.10. The molecule has 0 atom stereocenters. The number of aromatic nitrogens is 1. The molecule has 0 aliphatic heterocycles. The quantitative estimate of drug-likeness (QED) is 0.823. The van der Waals surface area contributed by atoms with Gasteiger partial charge in [0.15, 0.2) is 11.6 Å². The van der Waals surface area contributed by atoms with Crippen LogP contribution in [-0.4, -0.2) is 11.6 Å². The first-order valence-electron chi connectivity index (χ1n) is 7.16. The Bertz CT molecular complexity index is 641. The molecule has 1 aromatic carbocycles. The summed E-state index contributed by atoms with van der Waals surface area (Å²) in [4.78, 5) is 4.28. The molecule has 0 saturated heterocycles. The largest absolute Gasteiger partial charge is 0.490 e. The molecular weight excluding hydrogens is 253 g/mol. The minimum Gasteiger partial charge on any atom is -0.490 e. The lowest BCUT2D eigenvalue weighted by Gasteiger charge is -2.21. The SMILES string of the molecule is CC(C)(C)c1cncc2c(OCC3CC3)c(F)ccc12. The number of rotatable bonds is 3. The first kappa shape index (κ1) is 13.3. The summed E-state index contributed by atoms with van der Waals surface area (Å²) in [5.74, 6) is 0.655. The van der Waals surface area contributed by atoms with E-state index in [1.165, 1.54) is 18.9 Å². The summed E-state index contributed by atoms with van der Waals surface area (Å²) >= 11 is 0. The van der Waals surface area contributed by atoms with Gasteiger partial charge in [-0.15, -0.1) is 0 Å². The molecule has 3 heteroatoms. The molecule has 0 bridgehead atoms. The minimum absolute atomic E-state index is 0.0297. The average molecular weight is 273 g/mol. The van der Waals surface area contributed by atoms with E-state index < -0.39 is 0 Å². The molecule has 0 N–H and O–H groups in total. The van der Waals surface area contributed by atoms with Crippen LogP contribution in [0.25, 0.3) is 10.8 Å². The highest BCUT2D eigenvalue weighted by atomic mass is 19.1. The van der Waals surface area contributed by atoms with Crippen LogP contribution < -0.4 is 4.74 Å². The van der Waals surface area contributed by atoms with Crippen molar-refractivity contribution >= 4 is 10.8 Å². The third-order valence-electron chi connectivity index (χ3n) is 3.81. The number of nitrogens with zero attached hydrogens (tertiary/aromatic N) is 1. The maximum atomic E-state index is 14.1. The van der Waals surface area contributed by atoms with E-state index in [1.54, 1.807) is 6.20 Å². The summed E-state index contributed by atoms with van der Waals surface area (Å²) in [7, 11) is 0. The van der Waals surface area contributed by atoms with Crippen molar-refractivity contribution < 1.29 is 9.13 Å².